The van der Waals surface area contributed by atoms with Gasteiger partial charge in [0.2, 0.25) is 0 Å². The number of nitrogens with zero attached hydrogens (tertiary/aromatic N) is 10. The number of halogens is 7. The molecule has 7 heterocycles. The third-order valence-electron chi connectivity index (χ3n) is 16.2. The number of hydrogen-bond donors (Lipinski definition) is 2. The molecule has 18 nitrogen and oxygen atoms in total. The van der Waals surface area contributed by atoms with Crippen molar-refractivity contribution in [2.45, 2.75) is 135 Å². The largest absolute Gasteiger partial charge is 2.00 e. The van der Waals surface area contributed by atoms with Crippen LogP contribution in [-0.4, -0.2) is 140 Å². The summed E-state index contributed by atoms with van der Waals surface area (Å²) in [5.41, 5.74) is 3.80. The number of aliphatic hydroxyl groups excluding tert-OH is 2. The van der Waals surface area contributed by atoms with Crippen molar-refractivity contribution in [3.8, 4) is 11.1 Å². The molecule has 4 aromatic heterocycles. The molecule has 0 bridgehead atoms. The fourth-order valence-corrected chi connectivity index (χ4v) is 11.0. The molecular formula is C68H78BBr4F2IMgN10O8. The first-order chi connectivity index (χ1) is 43.8. The van der Waals surface area contributed by atoms with Gasteiger partial charge < -0.3 is 63.2 Å². The Morgan fingerprint density at radius 3 is 1.18 bits per heavy atom. The Kier molecular flexibility index (Phi) is 33.2. The number of carbonyl (C=O) groups is 2. The van der Waals surface area contributed by atoms with Crippen molar-refractivity contribution in [3.05, 3.63) is 223 Å². The van der Waals surface area contributed by atoms with E-state index in [0.29, 0.717) is 51.6 Å². The Morgan fingerprint density at radius 2 is 0.863 bits per heavy atom. The van der Waals surface area contributed by atoms with Crippen LogP contribution < -0.4 is 22.4 Å². The zero-order chi connectivity index (χ0) is 66.8. The molecule has 3 aliphatic rings. The van der Waals surface area contributed by atoms with Crippen LogP contribution in [0.1, 0.15) is 132 Å². The van der Waals surface area contributed by atoms with Crippen LogP contribution >= 0.6 is 70.4 Å². The standard InChI is InChI=1S/C27H35BFNO5.C26H28FN3O3.2C5H5BrN2.C4H2BrIN2.CH3.BrH.Mg/c1-19(20-7-11-22(12-8-20)28-34-25(2,3)26(4,5)35-28)30-17-16-27(15-6-18-31,33-24(30)32)21-9-13-23(29)14-10-21;1-18(20-4-6-21(7-5-20)22-16-28-19(2)29-17-22)30-14-13-26(12-3-15-31,33-25(30)32)23-8-10-24(27)11-9-23;2*1-4-7-2-5(6)3-8-4;5-3-1-7-4(6)8-2-3;;;/h7-14,19,31H,6,15-18H2,1-5H3;4-11,16-18,31H,3,12-15H2,1-2H3;2*2-3H,1H3;1-2H;1H3;1H;/q;;;;;-1;;+2/p-1/t19-,27+;18-,26+;;;;;;/m00....../s1. The van der Waals surface area contributed by atoms with Crippen molar-refractivity contribution in [1.29, 1.82) is 0 Å². The van der Waals surface area contributed by atoms with Gasteiger partial charge in [-0.3, -0.25) is 0 Å². The van der Waals surface area contributed by atoms with E-state index in [1.54, 1.807) is 83.6 Å². The molecule has 2 amide bonds. The molecule has 502 valence electrons. The molecule has 2 N–H and O–H groups in total. The van der Waals surface area contributed by atoms with Crippen LogP contribution in [0.3, 0.4) is 0 Å². The molecular weight excluding hydrogens is 1600 g/mol. The van der Waals surface area contributed by atoms with E-state index in [9.17, 15) is 28.6 Å². The quantitative estimate of drug-likeness (QED) is 0.0447. The summed E-state index contributed by atoms with van der Waals surface area (Å²) in [6.45, 7) is 18.6. The predicted molar refractivity (Wildman–Crippen MR) is 379 cm³/mol. The molecule has 3 aliphatic heterocycles. The predicted octanol–water partition coefficient (Wildman–Crippen LogP) is 11.9. The fraction of sp³-hybridized carbons (Fsp3) is 0.368. The number of hydrogen-bond acceptors (Lipinski definition) is 16. The van der Waals surface area contributed by atoms with E-state index in [4.69, 9.17) is 18.8 Å². The average molecular weight is 1680 g/mol. The van der Waals surface area contributed by atoms with E-state index < -0.39 is 41.7 Å². The SMILES string of the molecule is Brc1cnc(I)nc1.C[C@@H](c1ccc(B2OC(C)(C)C(C)(C)O2)cc1)N1CC[C@](CCCO)(c2ccc(F)cc2)OC1=O.Cc1ncc(-c2ccc([C@H](C)N3CC[C@](CCCO)(c4ccc(F)cc4)OC3=O)cc2)cn1.Cc1ncc(Br)cn1.Cc1ncc(Br)cn1.[Br-].[CH3-].[Mg+2]. The van der Waals surface area contributed by atoms with Crippen LogP contribution in [0.15, 0.2) is 160 Å². The van der Waals surface area contributed by atoms with Gasteiger partial charge in [0.15, 0.2) is 3.83 Å². The minimum Gasteiger partial charge on any atom is -1.00 e. The van der Waals surface area contributed by atoms with Crippen LogP contribution in [0, 0.1) is 43.7 Å². The van der Waals surface area contributed by atoms with E-state index in [1.807, 2.05) is 111 Å². The van der Waals surface area contributed by atoms with Gasteiger partial charge in [0.05, 0.1) is 36.7 Å². The molecule has 4 aromatic carbocycles. The summed E-state index contributed by atoms with van der Waals surface area (Å²) in [5.74, 6) is 1.64. The van der Waals surface area contributed by atoms with E-state index in [2.05, 4.69) is 110 Å². The summed E-state index contributed by atoms with van der Waals surface area (Å²) in [4.78, 5) is 61.7. The third kappa shape index (κ3) is 23.3. The van der Waals surface area contributed by atoms with Gasteiger partial charge in [0.25, 0.3) is 0 Å². The van der Waals surface area contributed by atoms with Gasteiger partial charge in [-0.1, -0.05) is 72.8 Å². The summed E-state index contributed by atoms with van der Waals surface area (Å²) < 4.78 is 54.8. The number of aryl methyl sites for hydroxylation is 3. The van der Waals surface area contributed by atoms with Crippen molar-refractivity contribution in [1.82, 2.24) is 49.7 Å². The minimum absolute atomic E-state index is 0. The smallest absolute Gasteiger partial charge is 1.00 e. The topological polar surface area (TPSA) is 221 Å². The zero-order valence-electron chi connectivity index (χ0n) is 54.8. The second-order valence-corrected chi connectivity index (χ2v) is 26.8. The number of benzene rings is 4. The number of rotatable bonds is 14. The maximum atomic E-state index is 13.5. The first kappa shape index (κ1) is 82.3. The Morgan fingerprint density at radius 1 is 0.537 bits per heavy atom. The molecule has 0 spiro atoms. The zero-order valence-corrected chi connectivity index (χ0v) is 64.7. The van der Waals surface area contributed by atoms with Crippen LogP contribution in [0.5, 0.6) is 0 Å². The Labute approximate surface area is 622 Å². The number of aromatic nitrogens is 8. The molecule has 0 aliphatic carbocycles. The van der Waals surface area contributed by atoms with E-state index >= 15 is 0 Å². The second kappa shape index (κ2) is 38.3. The van der Waals surface area contributed by atoms with Gasteiger partial charge in [0.1, 0.15) is 40.3 Å². The summed E-state index contributed by atoms with van der Waals surface area (Å²) >= 11 is 11.7. The summed E-state index contributed by atoms with van der Waals surface area (Å²) in [6, 6.07) is 27.7. The van der Waals surface area contributed by atoms with Crippen molar-refractivity contribution in [2.24, 2.45) is 0 Å². The molecule has 0 unspecified atom stereocenters. The summed E-state index contributed by atoms with van der Waals surface area (Å²) in [5, 5.41) is 18.7. The molecule has 8 aromatic rings. The van der Waals surface area contributed by atoms with Crippen molar-refractivity contribution in [3.63, 3.8) is 0 Å². The van der Waals surface area contributed by atoms with Gasteiger partial charge in [-0.2, -0.15) is 0 Å². The van der Waals surface area contributed by atoms with Crippen LogP contribution in [-0.2, 0) is 30.0 Å². The van der Waals surface area contributed by atoms with E-state index in [1.165, 1.54) is 24.3 Å². The Bertz CT molecular complexity index is 3450. The minimum atomic E-state index is -0.871. The van der Waals surface area contributed by atoms with Crippen molar-refractivity contribution in [2.75, 3.05) is 26.3 Å². The fourth-order valence-electron chi connectivity index (χ4n) is 10.1. The first-order valence-electron chi connectivity index (χ1n) is 29.9. The molecule has 0 saturated carbocycles. The van der Waals surface area contributed by atoms with Gasteiger partial charge >= 0.3 is 42.4 Å². The summed E-state index contributed by atoms with van der Waals surface area (Å²) in [6.07, 6.45) is 16.2. The van der Waals surface area contributed by atoms with E-state index in [0.717, 1.165) is 73.6 Å². The number of aliphatic hydroxyl groups is 2. The maximum Gasteiger partial charge on any atom is 2.00 e. The number of ether oxygens (including phenoxy) is 2. The van der Waals surface area contributed by atoms with Gasteiger partial charge in [0, 0.05) is 117 Å². The summed E-state index contributed by atoms with van der Waals surface area (Å²) in [7, 11) is -0.438. The van der Waals surface area contributed by atoms with Gasteiger partial charge in [-0.15, -0.1) is 0 Å². The number of amides is 2. The molecule has 3 fully saturated rings. The molecule has 27 heteroatoms. The van der Waals surface area contributed by atoms with E-state index in [-0.39, 0.29) is 84.4 Å². The molecule has 95 heavy (non-hydrogen) atoms. The molecule has 11 rings (SSSR count). The maximum absolute atomic E-state index is 13.5. The van der Waals surface area contributed by atoms with Crippen LogP contribution in [0.25, 0.3) is 11.1 Å². The Hall–Kier alpha value is -5.08. The number of cyclic esters (lactones) is 2. The van der Waals surface area contributed by atoms with Crippen molar-refractivity contribution >= 4 is 118 Å². The third-order valence-corrected chi connectivity index (χ3v) is 18.0. The second-order valence-electron chi connectivity index (χ2n) is 23.1. The van der Waals surface area contributed by atoms with Gasteiger partial charge in [-0.25, -0.2) is 58.2 Å². The first-order valence-corrected chi connectivity index (χ1v) is 33.3. The number of carbonyl (C=O) groups excluding carboxylic acids is 2. The van der Waals surface area contributed by atoms with Crippen molar-refractivity contribution < 1.29 is 64.3 Å². The monoisotopic (exact) mass is 1680 g/mol. The van der Waals surface area contributed by atoms with Crippen LogP contribution in [0.4, 0.5) is 18.4 Å². The average Bonchev–Trinajstić information content (AvgIpc) is 1.59. The molecule has 4 atom stereocenters. The molecule has 3 saturated heterocycles. The normalized spacial score (nSPS) is 18.0. The Balaban J connectivity index is 0.000000292. The molecule has 0 radical (unpaired) electrons. The van der Waals surface area contributed by atoms with Crippen LogP contribution in [0.2, 0.25) is 0 Å². The van der Waals surface area contributed by atoms with Gasteiger partial charge in [-0.05, 0) is 193 Å².